The molecule has 0 saturated heterocycles. The van der Waals surface area contributed by atoms with Crippen LogP contribution >= 0.6 is 0 Å². The maximum atomic E-state index is 11.9. The zero-order chi connectivity index (χ0) is 15.4. The zero-order valence-corrected chi connectivity index (χ0v) is 13.0. The Morgan fingerprint density at radius 1 is 1.20 bits per heavy atom. The Labute approximate surface area is 120 Å². The van der Waals surface area contributed by atoms with Gasteiger partial charge < -0.3 is 4.74 Å². The molecule has 6 heteroatoms. The van der Waals surface area contributed by atoms with Gasteiger partial charge in [-0.1, -0.05) is 17.7 Å². The average Bonchev–Trinajstić information content (AvgIpc) is 2.26. The van der Waals surface area contributed by atoms with Crippen LogP contribution in [0.2, 0.25) is 0 Å². The highest BCUT2D eigenvalue weighted by Crippen LogP contribution is 2.18. The predicted molar refractivity (Wildman–Crippen MR) is 74.8 cm³/mol. The molecule has 1 aromatic rings. The number of carbonyl (C=O) groups is 1. The predicted octanol–water partition coefficient (Wildman–Crippen LogP) is 2.43. The van der Waals surface area contributed by atoms with Crippen molar-refractivity contribution in [3.63, 3.8) is 0 Å². The first-order valence-corrected chi connectivity index (χ1v) is 7.69. The van der Waals surface area contributed by atoms with E-state index in [2.05, 4.69) is 0 Å². The van der Waals surface area contributed by atoms with Crippen LogP contribution in [-0.2, 0) is 23.8 Å². The molecule has 0 fully saturated rings. The molecule has 0 unspecified atom stereocenters. The fourth-order valence-corrected chi connectivity index (χ4v) is 2.52. The Kier molecular flexibility index (Phi) is 5.30. The van der Waals surface area contributed by atoms with Crippen molar-refractivity contribution < 1.29 is 22.1 Å². The summed E-state index contributed by atoms with van der Waals surface area (Å²) in [6, 6.07) is 6.42. The summed E-state index contributed by atoms with van der Waals surface area (Å²) in [5.74, 6) is -0.406. The van der Waals surface area contributed by atoms with E-state index in [1.54, 1.807) is 26.0 Å². The Balaban J connectivity index is 2.60. The number of aryl methyl sites for hydroxylation is 1. The molecule has 0 amide bonds. The van der Waals surface area contributed by atoms with Crippen LogP contribution in [0.5, 0.6) is 0 Å². The van der Waals surface area contributed by atoms with Crippen LogP contribution in [0, 0.1) is 6.92 Å². The minimum Gasteiger partial charge on any atom is -0.460 e. The standard InChI is InChI=1S/C14H20O5S/c1-11-5-7-13(8-6-11)20(16,17)18-10-9-14(3,4)19-12(2)15/h5-8H,9-10H2,1-4H3. The Bertz CT molecular complexity index is 558. The molecule has 0 heterocycles. The first kappa shape index (κ1) is 16.7. The van der Waals surface area contributed by atoms with Crippen LogP contribution in [0.15, 0.2) is 29.2 Å². The largest absolute Gasteiger partial charge is 0.460 e. The van der Waals surface area contributed by atoms with E-state index in [0.717, 1.165) is 5.56 Å². The molecule has 0 aliphatic carbocycles. The van der Waals surface area contributed by atoms with Crippen LogP contribution in [-0.4, -0.2) is 26.6 Å². The van der Waals surface area contributed by atoms with Gasteiger partial charge in [0, 0.05) is 13.3 Å². The summed E-state index contributed by atoms with van der Waals surface area (Å²) in [6.45, 7) is 6.55. The second-order valence-electron chi connectivity index (χ2n) is 5.19. The van der Waals surface area contributed by atoms with Crippen LogP contribution in [0.3, 0.4) is 0 Å². The van der Waals surface area contributed by atoms with Gasteiger partial charge in [0.1, 0.15) is 5.60 Å². The molecule has 0 aliphatic rings. The molecule has 0 aliphatic heterocycles. The lowest BCUT2D eigenvalue weighted by Crippen LogP contribution is -2.29. The van der Waals surface area contributed by atoms with Gasteiger partial charge in [-0.2, -0.15) is 8.42 Å². The first-order chi connectivity index (χ1) is 9.12. The first-order valence-electron chi connectivity index (χ1n) is 6.28. The molecule has 1 rings (SSSR count). The third-order valence-corrected chi connectivity index (χ3v) is 4.00. The quantitative estimate of drug-likeness (QED) is 0.596. The fourth-order valence-electron chi connectivity index (χ4n) is 1.61. The third-order valence-electron chi connectivity index (χ3n) is 2.67. The molecule has 0 N–H and O–H groups in total. The highest BCUT2D eigenvalue weighted by Gasteiger charge is 2.23. The molecule has 0 radical (unpaired) electrons. The van der Waals surface area contributed by atoms with Gasteiger partial charge in [-0.05, 0) is 32.9 Å². The van der Waals surface area contributed by atoms with Crippen LogP contribution in [0.25, 0.3) is 0 Å². The molecule has 0 bridgehead atoms. The second-order valence-corrected chi connectivity index (χ2v) is 6.81. The highest BCUT2D eigenvalue weighted by atomic mass is 32.2. The van der Waals surface area contributed by atoms with Gasteiger partial charge in [-0.15, -0.1) is 0 Å². The van der Waals surface area contributed by atoms with E-state index in [0.29, 0.717) is 0 Å². The number of rotatable bonds is 6. The average molecular weight is 300 g/mol. The van der Waals surface area contributed by atoms with Gasteiger partial charge in [0.05, 0.1) is 11.5 Å². The van der Waals surface area contributed by atoms with Crippen molar-refractivity contribution in [3.05, 3.63) is 29.8 Å². The van der Waals surface area contributed by atoms with Crippen LogP contribution < -0.4 is 0 Å². The van der Waals surface area contributed by atoms with E-state index in [1.165, 1.54) is 19.1 Å². The van der Waals surface area contributed by atoms with E-state index in [-0.39, 0.29) is 17.9 Å². The third kappa shape index (κ3) is 5.30. The number of benzene rings is 1. The summed E-state index contributed by atoms with van der Waals surface area (Å²) in [7, 11) is -3.77. The van der Waals surface area contributed by atoms with Crippen molar-refractivity contribution in [3.8, 4) is 0 Å². The summed E-state index contributed by atoms with van der Waals surface area (Å²) in [4.78, 5) is 11.0. The number of hydrogen-bond acceptors (Lipinski definition) is 5. The molecule has 0 atom stereocenters. The highest BCUT2D eigenvalue weighted by molar-refractivity contribution is 7.86. The van der Waals surface area contributed by atoms with Crippen molar-refractivity contribution in [1.82, 2.24) is 0 Å². The number of ether oxygens (including phenoxy) is 1. The van der Waals surface area contributed by atoms with Gasteiger partial charge in [0.15, 0.2) is 0 Å². The summed E-state index contributed by atoms with van der Waals surface area (Å²) < 4.78 is 33.9. The lowest BCUT2D eigenvalue weighted by Gasteiger charge is -2.23. The normalized spacial score (nSPS) is 12.2. The number of carbonyl (C=O) groups excluding carboxylic acids is 1. The molecular weight excluding hydrogens is 280 g/mol. The van der Waals surface area contributed by atoms with Crippen LogP contribution in [0.1, 0.15) is 32.8 Å². The molecule has 20 heavy (non-hydrogen) atoms. The Morgan fingerprint density at radius 3 is 2.25 bits per heavy atom. The summed E-state index contributed by atoms with van der Waals surface area (Å²) >= 11 is 0. The maximum absolute atomic E-state index is 11.9. The van der Waals surface area contributed by atoms with Crippen molar-refractivity contribution in [2.45, 2.75) is 44.6 Å². The molecule has 5 nitrogen and oxygen atoms in total. The minimum absolute atomic E-state index is 0.0451. The smallest absolute Gasteiger partial charge is 0.303 e. The van der Waals surface area contributed by atoms with Gasteiger partial charge >= 0.3 is 5.97 Å². The monoisotopic (exact) mass is 300 g/mol. The Hall–Kier alpha value is -1.40. The minimum atomic E-state index is -3.77. The van der Waals surface area contributed by atoms with Gasteiger partial charge in [0.2, 0.25) is 0 Å². The van der Waals surface area contributed by atoms with Gasteiger partial charge in [-0.25, -0.2) is 0 Å². The molecular formula is C14H20O5S. The Morgan fingerprint density at radius 2 is 1.75 bits per heavy atom. The number of hydrogen-bond donors (Lipinski definition) is 0. The van der Waals surface area contributed by atoms with Crippen molar-refractivity contribution in [2.24, 2.45) is 0 Å². The summed E-state index contributed by atoms with van der Waals surface area (Å²) in [6.07, 6.45) is 0.289. The second kappa shape index (κ2) is 6.37. The molecule has 0 spiro atoms. The van der Waals surface area contributed by atoms with Crippen LogP contribution in [0.4, 0.5) is 0 Å². The van der Waals surface area contributed by atoms with E-state index in [9.17, 15) is 13.2 Å². The number of esters is 1. The van der Waals surface area contributed by atoms with E-state index in [1.807, 2.05) is 6.92 Å². The molecule has 0 saturated carbocycles. The molecule has 1 aromatic carbocycles. The van der Waals surface area contributed by atoms with Gasteiger partial charge in [0.25, 0.3) is 10.1 Å². The van der Waals surface area contributed by atoms with E-state index < -0.39 is 21.7 Å². The fraction of sp³-hybridized carbons (Fsp3) is 0.500. The lowest BCUT2D eigenvalue weighted by molar-refractivity contribution is -0.154. The van der Waals surface area contributed by atoms with E-state index in [4.69, 9.17) is 8.92 Å². The zero-order valence-electron chi connectivity index (χ0n) is 12.2. The lowest BCUT2D eigenvalue weighted by atomic mass is 10.1. The SMILES string of the molecule is CC(=O)OC(C)(C)CCOS(=O)(=O)c1ccc(C)cc1. The van der Waals surface area contributed by atoms with Crippen molar-refractivity contribution in [2.75, 3.05) is 6.61 Å². The topological polar surface area (TPSA) is 69.7 Å². The summed E-state index contributed by atoms with van der Waals surface area (Å²) in [5.41, 5.74) is 0.217. The maximum Gasteiger partial charge on any atom is 0.303 e. The van der Waals surface area contributed by atoms with Crippen molar-refractivity contribution >= 4 is 16.1 Å². The molecule has 112 valence electrons. The summed E-state index contributed by atoms with van der Waals surface area (Å²) in [5, 5.41) is 0. The van der Waals surface area contributed by atoms with Crippen molar-refractivity contribution in [1.29, 1.82) is 0 Å². The van der Waals surface area contributed by atoms with Gasteiger partial charge in [-0.3, -0.25) is 8.98 Å². The molecule has 0 aromatic heterocycles. The van der Waals surface area contributed by atoms with E-state index >= 15 is 0 Å².